The number of hydrogen-bond donors (Lipinski definition) is 2. The highest BCUT2D eigenvalue weighted by Crippen LogP contribution is 2.39. The standard InChI is InChI=1S/C30H30ClF3N4O2S/c1-30(2,18-6-11-24(33)26(13-18)39-3)27-16-37-29(38(27)20-9-7-19(32)8-10-20)41-17-22-23(31)14-21(15-25(22)34)40-12-4-5-28(35)36/h6-11,13-16H,4-5,12,17H2,1-3H3,(H3,35,36). The van der Waals surface area contributed by atoms with Gasteiger partial charge < -0.3 is 15.2 Å². The van der Waals surface area contributed by atoms with Crippen molar-refractivity contribution in [3.8, 4) is 17.2 Å². The number of nitrogens with zero attached hydrogens (tertiary/aromatic N) is 2. The van der Waals surface area contributed by atoms with Crippen LogP contribution < -0.4 is 15.2 Å². The zero-order valence-electron chi connectivity index (χ0n) is 22.8. The maximum absolute atomic E-state index is 15.1. The SMILES string of the molecule is COc1cc(C(C)(C)c2cnc(SCc3c(F)cc(OCCCC(=N)N)cc3Cl)n2-c2ccc(F)cc2)ccc1F. The van der Waals surface area contributed by atoms with Crippen molar-refractivity contribution in [2.75, 3.05) is 13.7 Å². The second kappa shape index (κ2) is 12.9. The molecular formula is C30H30ClF3N4O2S. The number of methoxy groups -OCH3 is 1. The second-order valence-electron chi connectivity index (χ2n) is 9.84. The Bertz CT molecular complexity index is 1520. The number of amidine groups is 1. The highest BCUT2D eigenvalue weighted by atomic mass is 35.5. The van der Waals surface area contributed by atoms with E-state index in [1.54, 1.807) is 36.5 Å². The molecule has 0 spiro atoms. The molecule has 1 aromatic heterocycles. The Labute approximate surface area is 246 Å². The first-order valence-electron chi connectivity index (χ1n) is 12.8. The molecule has 3 aromatic carbocycles. The zero-order valence-corrected chi connectivity index (χ0v) is 24.4. The number of thioether (sulfide) groups is 1. The number of halogens is 4. The van der Waals surface area contributed by atoms with Gasteiger partial charge in [-0.05, 0) is 54.4 Å². The molecule has 4 rings (SSSR count). The first-order valence-corrected chi connectivity index (χ1v) is 14.1. The molecule has 216 valence electrons. The summed E-state index contributed by atoms with van der Waals surface area (Å²) < 4.78 is 55.7. The van der Waals surface area contributed by atoms with Crippen LogP contribution in [0.25, 0.3) is 5.69 Å². The molecular weight excluding hydrogens is 573 g/mol. The molecule has 4 aromatic rings. The number of rotatable bonds is 12. The van der Waals surface area contributed by atoms with E-state index in [4.69, 9.17) is 32.2 Å². The summed E-state index contributed by atoms with van der Waals surface area (Å²) in [7, 11) is 1.41. The summed E-state index contributed by atoms with van der Waals surface area (Å²) in [6, 6.07) is 13.5. The smallest absolute Gasteiger partial charge is 0.173 e. The molecule has 41 heavy (non-hydrogen) atoms. The van der Waals surface area contributed by atoms with Crippen LogP contribution in [0.2, 0.25) is 5.02 Å². The van der Waals surface area contributed by atoms with Crippen LogP contribution in [-0.4, -0.2) is 29.1 Å². The largest absolute Gasteiger partial charge is 0.494 e. The number of nitrogens with two attached hydrogens (primary N) is 1. The van der Waals surface area contributed by atoms with Gasteiger partial charge in [-0.1, -0.05) is 43.3 Å². The van der Waals surface area contributed by atoms with Crippen molar-refractivity contribution in [1.82, 2.24) is 9.55 Å². The van der Waals surface area contributed by atoms with Crippen molar-refractivity contribution in [2.24, 2.45) is 5.73 Å². The van der Waals surface area contributed by atoms with Crippen LogP contribution in [0.3, 0.4) is 0 Å². The highest BCUT2D eigenvalue weighted by Gasteiger charge is 2.30. The second-order valence-corrected chi connectivity index (χ2v) is 11.2. The summed E-state index contributed by atoms with van der Waals surface area (Å²) in [5.41, 5.74) is 7.15. The maximum atomic E-state index is 15.1. The predicted octanol–water partition coefficient (Wildman–Crippen LogP) is 7.66. The lowest BCUT2D eigenvalue weighted by Crippen LogP contribution is -2.23. The summed E-state index contributed by atoms with van der Waals surface area (Å²) in [6.07, 6.45) is 2.62. The number of aromatic nitrogens is 2. The molecule has 0 radical (unpaired) electrons. The van der Waals surface area contributed by atoms with Gasteiger partial charge in [-0.25, -0.2) is 18.2 Å². The van der Waals surface area contributed by atoms with Crippen LogP contribution in [0, 0.1) is 22.9 Å². The van der Waals surface area contributed by atoms with E-state index in [-0.39, 0.29) is 46.1 Å². The number of hydrogen-bond acceptors (Lipinski definition) is 5. The normalized spacial score (nSPS) is 11.5. The average Bonchev–Trinajstić information content (AvgIpc) is 3.36. The van der Waals surface area contributed by atoms with Gasteiger partial charge in [-0.3, -0.25) is 9.98 Å². The fourth-order valence-corrected chi connectivity index (χ4v) is 5.67. The van der Waals surface area contributed by atoms with E-state index >= 15 is 4.39 Å². The molecule has 6 nitrogen and oxygen atoms in total. The van der Waals surface area contributed by atoms with Crippen molar-refractivity contribution in [3.05, 3.63) is 100 Å². The number of imidazole rings is 1. The minimum Gasteiger partial charge on any atom is -0.494 e. The molecule has 0 unspecified atom stereocenters. The van der Waals surface area contributed by atoms with Crippen LogP contribution in [0.5, 0.6) is 11.5 Å². The van der Waals surface area contributed by atoms with Crippen LogP contribution in [-0.2, 0) is 11.2 Å². The van der Waals surface area contributed by atoms with Crippen LogP contribution in [0.4, 0.5) is 13.2 Å². The van der Waals surface area contributed by atoms with E-state index in [2.05, 4.69) is 4.98 Å². The van der Waals surface area contributed by atoms with Crippen molar-refractivity contribution in [2.45, 2.75) is 43.0 Å². The minimum absolute atomic E-state index is 0.0631. The van der Waals surface area contributed by atoms with Crippen LogP contribution >= 0.6 is 23.4 Å². The van der Waals surface area contributed by atoms with Gasteiger partial charge in [0.1, 0.15) is 17.4 Å². The Morgan fingerprint density at radius 3 is 2.46 bits per heavy atom. The Morgan fingerprint density at radius 2 is 1.80 bits per heavy atom. The van der Waals surface area contributed by atoms with Gasteiger partial charge in [-0.2, -0.15) is 0 Å². The number of ether oxygens (including phenoxy) is 2. The highest BCUT2D eigenvalue weighted by molar-refractivity contribution is 7.98. The van der Waals surface area contributed by atoms with E-state index in [9.17, 15) is 8.78 Å². The van der Waals surface area contributed by atoms with Gasteiger partial charge in [-0.15, -0.1) is 0 Å². The zero-order chi connectivity index (χ0) is 29.7. The third kappa shape index (κ3) is 7.00. The first-order chi connectivity index (χ1) is 19.5. The molecule has 11 heteroatoms. The quantitative estimate of drug-likeness (QED) is 0.0752. The lowest BCUT2D eigenvalue weighted by atomic mass is 9.81. The van der Waals surface area contributed by atoms with Crippen molar-refractivity contribution in [3.63, 3.8) is 0 Å². The minimum atomic E-state index is -0.675. The molecule has 0 fully saturated rings. The van der Waals surface area contributed by atoms with Gasteiger partial charge in [0, 0.05) is 34.9 Å². The number of nitrogens with one attached hydrogen (secondary N) is 1. The molecule has 3 N–H and O–H groups in total. The fourth-order valence-electron chi connectivity index (χ4n) is 4.30. The topological polar surface area (TPSA) is 86.2 Å². The third-order valence-electron chi connectivity index (χ3n) is 6.65. The first kappa shape index (κ1) is 30.3. The lowest BCUT2D eigenvalue weighted by Gasteiger charge is -2.28. The molecule has 0 saturated heterocycles. The lowest BCUT2D eigenvalue weighted by molar-refractivity contribution is 0.311. The molecule has 0 aliphatic rings. The van der Waals surface area contributed by atoms with E-state index in [1.807, 2.05) is 18.4 Å². The van der Waals surface area contributed by atoms with Gasteiger partial charge >= 0.3 is 0 Å². The Kier molecular flexibility index (Phi) is 9.55. The maximum Gasteiger partial charge on any atom is 0.173 e. The fraction of sp³-hybridized carbons (Fsp3) is 0.267. The molecule has 0 atom stereocenters. The third-order valence-corrected chi connectivity index (χ3v) is 7.96. The average molecular weight is 603 g/mol. The van der Waals surface area contributed by atoms with Crippen LogP contribution in [0.15, 0.2) is 66.0 Å². The van der Waals surface area contributed by atoms with Gasteiger partial charge in [0.05, 0.1) is 36.5 Å². The van der Waals surface area contributed by atoms with Gasteiger partial charge in [0.25, 0.3) is 0 Å². The van der Waals surface area contributed by atoms with Crippen molar-refractivity contribution < 1.29 is 22.6 Å². The molecule has 0 amide bonds. The number of benzene rings is 3. The molecule has 1 heterocycles. The van der Waals surface area contributed by atoms with Gasteiger partial charge in [0.2, 0.25) is 0 Å². The molecule has 0 saturated carbocycles. The summed E-state index contributed by atoms with van der Waals surface area (Å²) >= 11 is 7.71. The van der Waals surface area contributed by atoms with E-state index in [0.29, 0.717) is 23.7 Å². The Morgan fingerprint density at radius 1 is 1.07 bits per heavy atom. The van der Waals surface area contributed by atoms with Crippen molar-refractivity contribution in [1.29, 1.82) is 5.41 Å². The molecule has 0 bridgehead atoms. The molecule has 0 aliphatic carbocycles. The predicted molar refractivity (Wildman–Crippen MR) is 156 cm³/mol. The van der Waals surface area contributed by atoms with Gasteiger partial charge in [0.15, 0.2) is 16.7 Å². The van der Waals surface area contributed by atoms with Crippen LogP contribution in [0.1, 0.15) is 43.5 Å². The van der Waals surface area contributed by atoms with E-state index < -0.39 is 17.0 Å². The summed E-state index contributed by atoms with van der Waals surface area (Å²) in [5, 5.41) is 8.01. The van der Waals surface area contributed by atoms with E-state index in [0.717, 1.165) is 11.3 Å². The Hall–Kier alpha value is -3.63. The summed E-state index contributed by atoms with van der Waals surface area (Å²) in [4.78, 5) is 4.63. The van der Waals surface area contributed by atoms with Crippen molar-refractivity contribution >= 4 is 29.2 Å². The summed E-state index contributed by atoms with van der Waals surface area (Å²) in [5.74, 6) is -0.742. The van der Waals surface area contributed by atoms with E-state index in [1.165, 1.54) is 43.1 Å². The summed E-state index contributed by atoms with van der Waals surface area (Å²) in [6.45, 7) is 4.21. The monoisotopic (exact) mass is 602 g/mol. The molecule has 0 aliphatic heterocycles. The Balaban J connectivity index is 1.65.